The molecule has 2 N–H and O–H groups in total. The van der Waals surface area contributed by atoms with E-state index in [0.29, 0.717) is 16.5 Å². The highest BCUT2D eigenvalue weighted by Crippen LogP contribution is 2.44. The quantitative estimate of drug-likeness (QED) is 0.746. The van der Waals surface area contributed by atoms with Gasteiger partial charge in [0.1, 0.15) is 11.6 Å². The van der Waals surface area contributed by atoms with E-state index in [1.165, 1.54) is 0 Å². The second kappa shape index (κ2) is 6.25. The fourth-order valence-electron chi connectivity index (χ4n) is 3.28. The summed E-state index contributed by atoms with van der Waals surface area (Å²) in [5.41, 5.74) is 9.81. The summed E-state index contributed by atoms with van der Waals surface area (Å²) in [6, 6.07) is 19.3. The van der Waals surface area contributed by atoms with Gasteiger partial charge < -0.3 is 10.5 Å². The zero-order valence-corrected chi connectivity index (χ0v) is 14.7. The fraction of sp³-hybridized carbons (Fsp3) is 0.100. The van der Waals surface area contributed by atoms with Crippen molar-refractivity contribution in [1.29, 1.82) is 5.26 Å². The van der Waals surface area contributed by atoms with E-state index >= 15 is 0 Å². The first-order valence-electron chi connectivity index (χ1n) is 8.08. The minimum absolute atomic E-state index is 0.0945. The van der Waals surface area contributed by atoms with Crippen LogP contribution in [0.1, 0.15) is 22.7 Å². The van der Waals surface area contributed by atoms with Crippen molar-refractivity contribution in [1.82, 2.24) is 9.78 Å². The summed E-state index contributed by atoms with van der Waals surface area (Å²) >= 11 is 6.12. The van der Waals surface area contributed by atoms with Gasteiger partial charge in [0.15, 0.2) is 0 Å². The molecule has 0 aliphatic carbocycles. The van der Waals surface area contributed by atoms with Gasteiger partial charge >= 0.3 is 0 Å². The topological polar surface area (TPSA) is 76.9 Å². The average molecular weight is 363 g/mol. The predicted octanol–water partition coefficient (Wildman–Crippen LogP) is 4.05. The van der Waals surface area contributed by atoms with E-state index in [4.69, 9.17) is 22.1 Å². The van der Waals surface area contributed by atoms with Gasteiger partial charge in [0.25, 0.3) is 0 Å². The van der Waals surface area contributed by atoms with Crippen LogP contribution in [0.5, 0.6) is 5.88 Å². The summed E-state index contributed by atoms with van der Waals surface area (Å²) < 4.78 is 7.50. The molecule has 1 atom stereocenters. The predicted molar refractivity (Wildman–Crippen MR) is 99.1 cm³/mol. The molecule has 3 aromatic rings. The number of nitrogens with zero attached hydrogens (tertiary/aromatic N) is 3. The average Bonchev–Trinajstić information content (AvgIpc) is 2.97. The van der Waals surface area contributed by atoms with E-state index in [1.54, 1.807) is 16.8 Å². The molecule has 0 fully saturated rings. The highest BCUT2D eigenvalue weighted by atomic mass is 35.5. The number of nitriles is 1. The summed E-state index contributed by atoms with van der Waals surface area (Å²) in [6.45, 7) is 1.90. The molecule has 0 bridgehead atoms. The molecular weight excluding hydrogens is 348 g/mol. The molecule has 0 amide bonds. The van der Waals surface area contributed by atoms with Gasteiger partial charge in [0.2, 0.25) is 11.8 Å². The lowest BCUT2D eigenvalue weighted by molar-refractivity contribution is 0.367. The van der Waals surface area contributed by atoms with Crippen molar-refractivity contribution in [3.8, 4) is 17.6 Å². The Balaban J connectivity index is 1.96. The number of hydrogen-bond acceptors (Lipinski definition) is 4. The highest BCUT2D eigenvalue weighted by molar-refractivity contribution is 6.30. The Bertz CT molecular complexity index is 1060. The van der Waals surface area contributed by atoms with E-state index in [1.807, 2.05) is 49.4 Å². The van der Waals surface area contributed by atoms with Crippen molar-refractivity contribution >= 4 is 11.6 Å². The standard InChI is InChI=1S/C20H15ClN4O/c1-12-17-18(13-6-3-2-4-7-13)16(11-22)19(23)26-20(17)25(24-12)15-9-5-8-14(21)10-15/h2-10,18H,23H2,1H3/t18-/m0/s1. The summed E-state index contributed by atoms with van der Waals surface area (Å²) in [6.07, 6.45) is 0. The zero-order chi connectivity index (χ0) is 18.3. The lowest BCUT2D eigenvalue weighted by Gasteiger charge is -2.24. The Morgan fingerprint density at radius 3 is 2.65 bits per heavy atom. The van der Waals surface area contributed by atoms with Gasteiger partial charge in [0, 0.05) is 5.02 Å². The summed E-state index contributed by atoms with van der Waals surface area (Å²) in [7, 11) is 0. The lowest BCUT2D eigenvalue weighted by atomic mass is 9.84. The lowest BCUT2D eigenvalue weighted by Crippen LogP contribution is -2.22. The molecule has 26 heavy (non-hydrogen) atoms. The normalized spacial score (nSPS) is 16.0. The number of allylic oxidation sites excluding steroid dienone is 1. The van der Waals surface area contributed by atoms with Crippen LogP contribution in [0.3, 0.4) is 0 Å². The van der Waals surface area contributed by atoms with Gasteiger partial charge in [-0.25, -0.2) is 4.68 Å². The Labute approximate surface area is 155 Å². The smallest absolute Gasteiger partial charge is 0.229 e. The van der Waals surface area contributed by atoms with Crippen LogP contribution < -0.4 is 10.5 Å². The van der Waals surface area contributed by atoms with E-state index in [9.17, 15) is 5.26 Å². The summed E-state index contributed by atoms with van der Waals surface area (Å²) in [5.74, 6) is 0.282. The maximum absolute atomic E-state index is 9.66. The van der Waals surface area contributed by atoms with Crippen LogP contribution in [-0.4, -0.2) is 9.78 Å². The Kier molecular flexibility index (Phi) is 3.90. The molecule has 0 unspecified atom stereocenters. The highest BCUT2D eigenvalue weighted by Gasteiger charge is 2.35. The van der Waals surface area contributed by atoms with Crippen molar-refractivity contribution in [2.45, 2.75) is 12.8 Å². The SMILES string of the molecule is Cc1nn(-c2cccc(Cl)c2)c2c1[C@@H](c1ccccc1)C(C#N)=C(N)O2. The van der Waals surface area contributed by atoms with Gasteiger partial charge in [0.05, 0.1) is 22.9 Å². The first-order chi connectivity index (χ1) is 12.6. The molecular formula is C20H15ClN4O. The van der Waals surface area contributed by atoms with Gasteiger partial charge in [-0.05, 0) is 30.7 Å². The van der Waals surface area contributed by atoms with Crippen LogP contribution in [0, 0.1) is 18.3 Å². The third-order valence-electron chi connectivity index (χ3n) is 4.42. The number of aryl methyl sites for hydroxylation is 1. The van der Waals surface area contributed by atoms with Crippen LogP contribution in [0.2, 0.25) is 5.02 Å². The summed E-state index contributed by atoms with van der Waals surface area (Å²) in [5, 5.41) is 14.9. The van der Waals surface area contributed by atoms with Crippen molar-refractivity contribution in [3.05, 3.63) is 87.9 Å². The van der Waals surface area contributed by atoms with Crippen LogP contribution >= 0.6 is 11.6 Å². The first-order valence-corrected chi connectivity index (χ1v) is 8.46. The molecule has 0 saturated carbocycles. The van der Waals surface area contributed by atoms with E-state index < -0.39 is 0 Å². The molecule has 6 heteroatoms. The van der Waals surface area contributed by atoms with Gasteiger partial charge in [-0.3, -0.25) is 0 Å². The molecule has 2 aromatic carbocycles. The Morgan fingerprint density at radius 1 is 1.19 bits per heavy atom. The number of rotatable bonds is 2. The number of ether oxygens (including phenoxy) is 1. The molecule has 0 saturated heterocycles. The van der Waals surface area contributed by atoms with E-state index in [0.717, 1.165) is 22.5 Å². The Hall–Kier alpha value is -3.23. The largest absolute Gasteiger partial charge is 0.422 e. The minimum Gasteiger partial charge on any atom is -0.422 e. The molecule has 4 rings (SSSR count). The number of nitrogens with two attached hydrogens (primary N) is 1. The molecule has 2 heterocycles. The summed E-state index contributed by atoms with van der Waals surface area (Å²) in [4.78, 5) is 0. The molecule has 5 nitrogen and oxygen atoms in total. The van der Waals surface area contributed by atoms with Crippen molar-refractivity contribution in [2.75, 3.05) is 0 Å². The third-order valence-corrected chi connectivity index (χ3v) is 4.65. The molecule has 0 radical (unpaired) electrons. The molecule has 0 spiro atoms. The van der Waals surface area contributed by atoms with Crippen LogP contribution in [0.4, 0.5) is 0 Å². The number of halogens is 1. The third kappa shape index (κ3) is 2.52. The number of hydrogen-bond donors (Lipinski definition) is 1. The molecule has 1 aliphatic rings. The monoisotopic (exact) mass is 362 g/mol. The second-order valence-electron chi connectivity index (χ2n) is 6.03. The van der Waals surface area contributed by atoms with Gasteiger partial charge in [-0.15, -0.1) is 0 Å². The second-order valence-corrected chi connectivity index (χ2v) is 6.47. The van der Waals surface area contributed by atoms with Crippen molar-refractivity contribution in [2.24, 2.45) is 5.73 Å². The Morgan fingerprint density at radius 2 is 1.96 bits per heavy atom. The van der Waals surface area contributed by atoms with Gasteiger partial charge in [-0.1, -0.05) is 48.0 Å². The maximum atomic E-state index is 9.66. The molecule has 128 valence electrons. The van der Waals surface area contributed by atoms with Crippen LogP contribution in [-0.2, 0) is 0 Å². The van der Waals surface area contributed by atoms with Gasteiger partial charge in [-0.2, -0.15) is 10.4 Å². The molecule has 1 aromatic heterocycles. The zero-order valence-electron chi connectivity index (χ0n) is 14.0. The number of fused-ring (bicyclic) bond motifs is 1. The van der Waals surface area contributed by atoms with E-state index in [-0.39, 0.29) is 11.8 Å². The first kappa shape index (κ1) is 16.2. The molecule has 1 aliphatic heterocycles. The fourth-order valence-corrected chi connectivity index (χ4v) is 3.46. The van der Waals surface area contributed by atoms with Crippen molar-refractivity contribution in [3.63, 3.8) is 0 Å². The number of aromatic nitrogens is 2. The number of benzene rings is 2. The maximum Gasteiger partial charge on any atom is 0.229 e. The van der Waals surface area contributed by atoms with Crippen LogP contribution in [0.15, 0.2) is 66.1 Å². The van der Waals surface area contributed by atoms with Crippen molar-refractivity contribution < 1.29 is 4.74 Å². The van der Waals surface area contributed by atoms with Crippen LogP contribution in [0.25, 0.3) is 5.69 Å². The van der Waals surface area contributed by atoms with E-state index in [2.05, 4.69) is 11.2 Å². The minimum atomic E-state index is -0.321.